The van der Waals surface area contributed by atoms with Gasteiger partial charge in [-0.3, -0.25) is 0 Å². The first-order chi connectivity index (χ1) is 13.5. The summed E-state index contributed by atoms with van der Waals surface area (Å²) in [5.41, 5.74) is 3.70. The minimum atomic E-state index is -0.371. The predicted molar refractivity (Wildman–Crippen MR) is 111 cm³/mol. The largest absolute Gasteiger partial charge is 0.465 e. The molecular weight excluding hydrogens is 353 g/mol. The van der Waals surface area contributed by atoms with Gasteiger partial charge in [-0.2, -0.15) is 0 Å². The summed E-state index contributed by atoms with van der Waals surface area (Å²) in [6.45, 7) is 5.86. The number of nitrogens with zero attached hydrogens (tertiary/aromatic N) is 1. The van der Waals surface area contributed by atoms with E-state index in [4.69, 9.17) is 9.47 Å². The van der Waals surface area contributed by atoms with Gasteiger partial charge in [-0.25, -0.2) is 9.38 Å². The molecule has 0 aliphatic heterocycles. The fourth-order valence-corrected chi connectivity index (χ4v) is 2.39. The molecular formula is C24H22FNO2. The van der Waals surface area contributed by atoms with E-state index in [1.54, 1.807) is 18.4 Å². The quantitative estimate of drug-likeness (QED) is 0.288. The molecule has 0 aromatic heterocycles. The fraction of sp³-hybridized carbons (Fsp3) is 0.125. The Balaban J connectivity index is 1.88. The van der Waals surface area contributed by atoms with Crippen molar-refractivity contribution in [2.75, 3.05) is 0 Å². The number of aliphatic imine (C=N–C) groups is 1. The second-order valence-electron chi connectivity index (χ2n) is 6.54. The molecule has 3 rings (SSSR count). The molecule has 28 heavy (non-hydrogen) atoms. The van der Waals surface area contributed by atoms with Crippen molar-refractivity contribution in [1.29, 1.82) is 0 Å². The Bertz CT molecular complexity index is 990. The van der Waals surface area contributed by atoms with Crippen molar-refractivity contribution in [1.82, 2.24) is 0 Å². The molecule has 3 nitrogen and oxygen atoms in total. The van der Waals surface area contributed by atoms with Gasteiger partial charge in [-0.1, -0.05) is 41.5 Å². The summed E-state index contributed by atoms with van der Waals surface area (Å²) < 4.78 is 25.1. The summed E-state index contributed by atoms with van der Waals surface area (Å²) in [6, 6.07) is 21.4. The van der Waals surface area contributed by atoms with Crippen LogP contribution in [0, 0.1) is 19.7 Å². The van der Waals surface area contributed by atoms with Crippen LogP contribution in [0.15, 0.2) is 89.6 Å². The number of hydrogen-bond acceptors (Lipinski definition) is 3. The molecule has 0 aliphatic rings. The number of rotatable bonds is 5. The van der Waals surface area contributed by atoms with Crippen LogP contribution in [0.25, 0.3) is 0 Å². The first kappa shape index (κ1) is 19.4. The summed E-state index contributed by atoms with van der Waals surface area (Å²) >= 11 is 0. The molecule has 0 heterocycles. The van der Waals surface area contributed by atoms with Crippen molar-refractivity contribution in [3.05, 3.63) is 102 Å². The van der Waals surface area contributed by atoms with E-state index in [0.717, 1.165) is 16.8 Å². The van der Waals surface area contributed by atoms with Crippen LogP contribution in [0.4, 0.5) is 10.1 Å². The average Bonchev–Trinajstić information content (AvgIpc) is 2.68. The average molecular weight is 375 g/mol. The Labute approximate surface area is 164 Å². The third-order valence-electron chi connectivity index (χ3n) is 4.01. The van der Waals surface area contributed by atoms with E-state index in [0.29, 0.717) is 23.0 Å². The lowest BCUT2D eigenvalue weighted by Gasteiger charge is -2.10. The summed E-state index contributed by atoms with van der Waals surface area (Å²) in [5, 5.41) is 0. The van der Waals surface area contributed by atoms with Crippen molar-refractivity contribution < 1.29 is 13.9 Å². The number of hydrogen-bond donors (Lipinski definition) is 0. The molecule has 142 valence electrons. The monoisotopic (exact) mass is 375 g/mol. The summed E-state index contributed by atoms with van der Waals surface area (Å²) in [6.07, 6.45) is 1.58. The maximum atomic E-state index is 13.5. The fourth-order valence-electron chi connectivity index (χ4n) is 2.39. The molecule has 0 fully saturated rings. The predicted octanol–water partition coefficient (Wildman–Crippen LogP) is 6.53. The zero-order chi connectivity index (χ0) is 19.9. The lowest BCUT2D eigenvalue weighted by atomic mass is 10.2. The lowest BCUT2D eigenvalue weighted by molar-refractivity contribution is 0.473. The lowest BCUT2D eigenvalue weighted by Crippen LogP contribution is -2.11. The van der Waals surface area contributed by atoms with E-state index in [2.05, 4.69) is 4.99 Å². The molecule has 0 bridgehead atoms. The Morgan fingerprint density at radius 3 is 2.14 bits per heavy atom. The molecule has 3 aromatic rings. The van der Waals surface area contributed by atoms with Crippen molar-refractivity contribution in [2.45, 2.75) is 20.8 Å². The minimum absolute atomic E-state index is 0.335. The van der Waals surface area contributed by atoms with Crippen molar-refractivity contribution in [3.8, 4) is 11.5 Å². The van der Waals surface area contributed by atoms with Gasteiger partial charge in [0.15, 0.2) is 0 Å². The van der Waals surface area contributed by atoms with Crippen LogP contribution in [0.1, 0.15) is 18.1 Å². The SMILES string of the molecule is CC(=C\Oc1ccc(C)cc1)/C(=N/c1ccc(C)cc1)Oc1cccc(F)c1. The van der Waals surface area contributed by atoms with Gasteiger partial charge in [0, 0.05) is 11.6 Å². The highest BCUT2D eigenvalue weighted by molar-refractivity contribution is 5.96. The van der Waals surface area contributed by atoms with Crippen LogP contribution < -0.4 is 9.47 Å². The highest BCUT2D eigenvalue weighted by Crippen LogP contribution is 2.20. The molecule has 0 unspecified atom stereocenters. The number of benzene rings is 3. The van der Waals surface area contributed by atoms with Crippen LogP contribution in [0.5, 0.6) is 11.5 Å². The first-order valence-corrected chi connectivity index (χ1v) is 8.99. The zero-order valence-corrected chi connectivity index (χ0v) is 16.1. The normalized spacial score (nSPS) is 12.0. The van der Waals surface area contributed by atoms with Gasteiger partial charge in [-0.15, -0.1) is 0 Å². The Kier molecular flexibility index (Phi) is 6.22. The second-order valence-corrected chi connectivity index (χ2v) is 6.54. The smallest absolute Gasteiger partial charge is 0.225 e. The van der Waals surface area contributed by atoms with Crippen LogP contribution in [0.2, 0.25) is 0 Å². The van der Waals surface area contributed by atoms with E-state index in [1.807, 2.05) is 69.3 Å². The first-order valence-electron chi connectivity index (χ1n) is 8.99. The number of ether oxygens (including phenoxy) is 2. The van der Waals surface area contributed by atoms with Gasteiger partial charge in [0.1, 0.15) is 17.3 Å². The van der Waals surface area contributed by atoms with Gasteiger partial charge in [0.05, 0.1) is 11.9 Å². The second kappa shape index (κ2) is 9.00. The van der Waals surface area contributed by atoms with Crippen LogP contribution in [-0.4, -0.2) is 5.90 Å². The van der Waals surface area contributed by atoms with Gasteiger partial charge >= 0.3 is 0 Å². The Hall–Kier alpha value is -3.40. The molecule has 3 aromatic carbocycles. The maximum absolute atomic E-state index is 13.5. The number of aryl methyl sites for hydroxylation is 2. The summed E-state index contributed by atoms with van der Waals surface area (Å²) in [5.74, 6) is 1.05. The van der Waals surface area contributed by atoms with E-state index in [9.17, 15) is 4.39 Å². The topological polar surface area (TPSA) is 30.8 Å². The molecule has 0 saturated heterocycles. The molecule has 0 atom stereocenters. The highest BCUT2D eigenvalue weighted by atomic mass is 19.1. The van der Waals surface area contributed by atoms with Gasteiger partial charge in [0.2, 0.25) is 5.90 Å². The minimum Gasteiger partial charge on any atom is -0.465 e. The van der Waals surface area contributed by atoms with E-state index in [1.165, 1.54) is 12.1 Å². The third-order valence-corrected chi connectivity index (χ3v) is 4.01. The highest BCUT2D eigenvalue weighted by Gasteiger charge is 2.09. The zero-order valence-electron chi connectivity index (χ0n) is 16.1. The molecule has 4 heteroatoms. The molecule has 0 amide bonds. The van der Waals surface area contributed by atoms with Crippen molar-refractivity contribution in [3.63, 3.8) is 0 Å². The van der Waals surface area contributed by atoms with Gasteiger partial charge in [-0.05, 0) is 57.2 Å². The summed E-state index contributed by atoms with van der Waals surface area (Å²) in [4.78, 5) is 4.57. The van der Waals surface area contributed by atoms with E-state index < -0.39 is 0 Å². The molecule has 0 aliphatic carbocycles. The molecule has 0 N–H and O–H groups in total. The molecule has 0 saturated carbocycles. The maximum Gasteiger partial charge on any atom is 0.225 e. The number of halogens is 1. The van der Waals surface area contributed by atoms with Crippen LogP contribution >= 0.6 is 0 Å². The summed E-state index contributed by atoms with van der Waals surface area (Å²) in [7, 11) is 0. The molecule has 0 spiro atoms. The van der Waals surface area contributed by atoms with Crippen LogP contribution in [-0.2, 0) is 0 Å². The molecule has 0 radical (unpaired) electrons. The van der Waals surface area contributed by atoms with E-state index >= 15 is 0 Å². The van der Waals surface area contributed by atoms with Gasteiger partial charge in [0.25, 0.3) is 0 Å². The van der Waals surface area contributed by atoms with Crippen LogP contribution in [0.3, 0.4) is 0 Å². The van der Waals surface area contributed by atoms with Gasteiger partial charge < -0.3 is 9.47 Å². The third kappa shape index (κ3) is 5.55. The Morgan fingerprint density at radius 1 is 0.857 bits per heavy atom. The Morgan fingerprint density at radius 2 is 1.50 bits per heavy atom. The van der Waals surface area contributed by atoms with Crippen molar-refractivity contribution >= 4 is 11.6 Å². The van der Waals surface area contributed by atoms with Crippen molar-refractivity contribution in [2.24, 2.45) is 4.99 Å². The standard InChI is InChI=1S/C24H22FNO2/c1-17-7-11-21(12-8-17)26-24(28-23-6-4-5-20(25)15-23)19(3)16-27-22-13-9-18(2)10-14-22/h4-16H,1-3H3/b19-16+,26-24-. The van der Waals surface area contributed by atoms with E-state index in [-0.39, 0.29) is 5.82 Å².